The van der Waals surface area contributed by atoms with E-state index in [4.69, 9.17) is 49.0 Å². The van der Waals surface area contributed by atoms with Crippen LogP contribution in [0.2, 0.25) is 15.1 Å². The lowest BCUT2D eigenvalue weighted by Crippen LogP contribution is -2.23. The third-order valence-electron chi connectivity index (χ3n) is 7.91. The van der Waals surface area contributed by atoms with Gasteiger partial charge in [0.15, 0.2) is 0 Å². The molecule has 0 spiro atoms. The number of benzene rings is 6. The fourth-order valence-corrected chi connectivity index (χ4v) is 11.2. The Labute approximate surface area is 319 Å². The zero-order chi connectivity index (χ0) is 37.3. The van der Waals surface area contributed by atoms with Gasteiger partial charge in [-0.2, -0.15) is 0 Å². The van der Waals surface area contributed by atoms with Crippen molar-refractivity contribution in [1.82, 2.24) is 0 Å². The number of rotatable bonds is 11. The van der Waals surface area contributed by atoms with Gasteiger partial charge in [0.05, 0.1) is 36.9 Å². The Balaban J connectivity index is 0.000000202. The van der Waals surface area contributed by atoms with Crippen molar-refractivity contribution in [3.8, 4) is 17.2 Å². The SMILES string of the molecule is COc1cc(OC)c(C(=O)P(c2ccccc2)c2ccccc2)c(OC)c1.O=C(c1c(Cl)cc(Cl)cc1Cl)P(=O)(c1ccccc1)c1ccccc1. The highest BCUT2D eigenvalue weighted by Gasteiger charge is 2.38. The predicted octanol–water partition coefficient (Wildman–Crippen LogP) is 9.79. The van der Waals surface area contributed by atoms with Crippen molar-refractivity contribution in [2.45, 2.75) is 0 Å². The fraction of sp³-hybridized carbons (Fsp3) is 0.0732. The molecule has 0 fully saturated rings. The molecule has 6 aromatic carbocycles. The molecule has 6 nitrogen and oxygen atoms in total. The van der Waals surface area contributed by atoms with Gasteiger partial charge in [-0.1, -0.05) is 156 Å². The molecule has 52 heavy (non-hydrogen) atoms. The van der Waals surface area contributed by atoms with Crippen LogP contribution in [0.25, 0.3) is 0 Å². The summed E-state index contributed by atoms with van der Waals surface area (Å²) in [7, 11) is -0.297. The summed E-state index contributed by atoms with van der Waals surface area (Å²) in [5.74, 6) is 1.45. The van der Waals surface area contributed by atoms with E-state index in [9.17, 15) is 14.2 Å². The lowest BCUT2D eigenvalue weighted by Gasteiger charge is -2.20. The Morgan fingerprint density at radius 2 is 0.923 bits per heavy atom. The first kappa shape index (κ1) is 38.8. The van der Waals surface area contributed by atoms with E-state index in [2.05, 4.69) is 0 Å². The molecule has 11 heteroatoms. The highest BCUT2D eigenvalue weighted by molar-refractivity contribution is 7.93. The topological polar surface area (TPSA) is 78.9 Å². The van der Waals surface area contributed by atoms with Gasteiger partial charge in [0.2, 0.25) is 18.2 Å². The molecule has 0 unspecified atom stereocenters. The molecule has 0 radical (unpaired) electrons. The van der Waals surface area contributed by atoms with Crippen molar-refractivity contribution in [3.05, 3.63) is 172 Å². The maximum atomic E-state index is 14.0. The Hall–Kier alpha value is -4.41. The number of hydrogen-bond donors (Lipinski definition) is 0. The van der Waals surface area contributed by atoms with E-state index in [1.807, 2.05) is 60.7 Å². The molecule has 0 aliphatic rings. The van der Waals surface area contributed by atoms with Crippen molar-refractivity contribution >= 4 is 82.1 Å². The molecule has 6 aromatic rings. The molecule has 0 bridgehead atoms. The molecule has 0 aromatic heterocycles. The van der Waals surface area contributed by atoms with Gasteiger partial charge in [-0.05, 0) is 22.7 Å². The summed E-state index contributed by atoms with van der Waals surface area (Å²) >= 11 is 18.3. The van der Waals surface area contributed by atoms with Crippen molar-refractivity contribution < 1.29 is 28.4 Å². The van der Waals surface area contributed by atoms with Crippen LogP contribution in [0.1, 0.15) is 20.7 Å². The molecule has 0 saturated heterocycles. The second kappa shape index (κ2) is 17.9. The first-order valence-electron chi connectivity index (χ1n) is 15.8. The van der Waals surface area contributed by atoms with E-state index >= 15 is 0 Å². The van der Waals surface area contributed by atoms with E-state index in [0.717, 1.165) is 10.6 Å². The van der Waals surface area contributed by atoms with Crippen LogP contribution in [0.5, 0.6) is 17.2 Å². The standard InChI is InChI=1S/C22H21O4P.C19H12Cl3O2P/c1-24-16-14-19(25-2)21(20(15-16)26-3)22(23)27(17-10-6-4-7-11-17)18-12-8-5-9-13-18;20-13-11-16(21)18(17(22)12-13)19(23)25(24,14-7-3-1-4-8-14)15-9-5-2-6-10-15/h4-15H,1-3H3;1-12H. The summed E-state index contributed by atoms with van der Waals surface area (Å²) in [6.07, 6.45) is 0. The molecule has 0 amide bonds. The lowest BCUT2D eigenvalue weighted by molar-refractivity contribution is 0.107. The van der Waals surface area contributed by atoms with E-state index < -0.39 is 20.6 Å². The fourth-order valence-electron chi connectivity index (χ4n) is 5.43. The Morgan fingerprint density at radius 1 is 0.538 bits per heavy atom. The van der Waals surface area contributed by atoms with Crippen LogP contribution in [0.4, 0.5) is 0 Å². The quantitative estimate of drug-likeness (QED) is 0.122. The number of methoxy groups -OCH3 is 3. The highest BCUT2D eigenvalue weighted by atomic mass is 35.5. The van der Waals surface area contributed by atoms with E-state index in [1.54, 1.807) is 79.9 Å². The monoisotopic (exact) mass is 788 g/mol. The van der Waals surface area contributed by atoms with Crippen LogP contribution < -0.4 is 35.4 Å². The number of carbonyl (C=O) groups is 2. The molecule has 0 atom stereocenters. The normalized spacial score (nSPS) is 10.9. The van der Waals surface area contributed by atoms with Crippen LogP contribution in [0, 0.1) is 0 Å². The second-order valence-electron chi connectivity index (χ2n) is 11.0. The zero-order valence-corrected chi connectivity index (χ0v) is 32.4. The summed E-state index contributed by atoms with van der Waals surface area (Å²) in [6, 6.07) is 43.1. The van der Waals surface area contributed by atoms with Crippen LogP contribution >= 0.6 is 49.9 Å². The minimum absolute atomic E-state index is 0.0174. The van der Waals surface area contributed by atoms with E-state index in [0.29, 0.717) is 38.4 Å². The van der Waals surface area contributed by atoms with Crippen LogP contribution in [-0.2, 0) is 4.57 Å². The predicted molar refractivity (Wildman–Crippen MR) is 215 cm³/mol. The third-order valence-corrected chi connectivity index (χ3v) is 13.8. The second-order valence-corrected chi connectivity index (χ2v) is 17.1. The average Bonchev–Trinajstić information content (AvgIpc) is 3.18. The van der Waals surface area contributed by atoms with E-state index in [-0.39, 0.29) is 21.1 Å². The Morgan fingerprint density at radius 3 is 1.29 bits per heavy atom. The van der Waals surface area contributed by atoms with Gasteiger partial charge in [0.1, 0.15) is 22.8 Å². The molecule has 6 rings (SSSR count). The summed E-state index contributed by atoms with van der Waals surface area (Å²) < 4.78 is 30.3. The minimum atomic E-state index is -3.66. The van der Waals surface area contributed by atoms with Crippen molar-refractivity contribution in [2.24, 2.45) is 0 Å². The molecule has 0 N–H and O–H groups in total. The van der Waals surface area contributed by atoms with Gasteiger partial charge in [-0.15, -0.1) is 0 Å². The Bertz CT molecular complexity index is 2070. The summed E-state index contributed by atoms with van der Waals surface area (Å²) in [5.41, 5.74) is -0.196. The molecular weight excluding hydrogens is 757 g/mol. The Kier molecular flexibility index (Phi) is 13.3. The summed E-state index contributed by atoms with van der Waals surface area (Å²) in [5, 5.41) is 3.26. The van der Waals surface area contributed by atoms with Gasteiger partial charge >= 0.3 is 0 Å². The molecule has 0 aliphatic heterocycles. The molecule has 0 saturated carbocycles. The zero-order valence-electron chi connectivity index (χ0n) is 28.3. The largest absolute Gasteiger partial charge is 0.496 e. The van der Waals surface area contributed by atoms with Gasteiger partial charge < -0.3 is 18.8 Å². The number of ether oxygens (including phenoxy) is 3. The first-order valence-corrected chi connectivity index (χ1v) is 20.0. The molecule has 264 valence electrons. The number of halogens is 3. The highest BCUT2D eigenvalue weighted by Crippen LogP contribution is 2.50. The number of carbonyl (C=O) groups excluding carboxylic acids is 2. The minimum Gasteiger partial charge on any atom is -0.496 e. The van der Waals surface area contributed by atoms with Gasteiger partial charge in [0.25, 0.3) is 0 Å². The van der Waals surface area contributed by atoms with Gasteiger partial charge in [-0.3, -0.25) is 9.59 Å². The van der Waals surface area contributed by atoms with Crippen LogP contribution in [0.15, 0.2) is 146 Å². The maximum absolute atomic E-state index is 14.0. The van der Waals surface area contributed by atoms with E-state index in [1.165, 1.54) is 26.4 Å². The van der Waals surface area contributed by atoms with Gasteiger partial charge in [-0.25, -0.2) is 0 Å². The van der Waals surface area contributed by atoms with Crippen molar-refractivity contribution in [3.63, 3.8) is 0 Å². The molecule has 0 aliphatic carbocycles. The van der Waals surface area contributed by atoms with Gasteiger partial charge in [0, 0.05) is 35.7 Å². The van der Waals surface area contributed by atoms with Crippen molar-refractivity contribution in [1.29, 1.82) is 0 Å². The summed E-state index contributed by atoms with van der Waals surface area (Å²) in [6.45, 7) is 0. The first-order chi connectivity index (χ1) is 25.1. The number of hydrogen-bond acceptors (Lipinski definition) is 6. The average molecular weight is 790 g/mol. The third kappa shape index (κ3) is 8.45. The van der Waals surface area contributed by atoms with Crippen LogP contribution in [0.3, 0.4) is 0 Å². The molecule has 0 heterocycles. The van der Waals surface area contributed by atoms with Crippen LogP contribution in [-0.4, -0.2) is 32.4 Å². The smallest absolute Gasteiger partial charge is 0.233 e. The summed E-state index contributed by atoms with van der Waals surface area (Å²) in [4.78, 5) is 27.1. The molecular formula is C41H33Cl3O6P2. The lowest BCUT2D eigenvalue weighted by atomic mass is 10.2. The maximum Gasteiger partial charge on any atom is 0.233 e. The van der Waals surface area contributed by atoms with Crippen molar-refractivity contribution in [2.75, 3.05) is 21.3 Å².